The van der Waals surface area contributed by atoms with E-state index >= 15 is 0 Å². The molecule has 7 nitrogen and oxygen atoms in total. The van der Waals surface area contributed by atoms with E-state index in [9.17, 15) is 18.3 Å². The number of benzene rings is 2. The lowest BCUT2D eigenvalue weighted by Crippen LogP contribution is -2.22. The molecule has 0 saturated carbocycles. The molecule has 0 fully saturated rings. The highest BCUT2D eigenvalue weighted by molar-refractivity contribution is 7.89. The monoisotopic (exact) mass is 346 g/mol. The largest absolute Gasteiger partial charge is 0.478 e. The Morgan fingerprint density at radius 2 is 1.83 bits per heavy atom. The van der Waals surface area contributed by atoms with Crippen molar-refractivity contribution in [3.63, 3.8) is 0 Å². The van der Waals surface area contributed by atoms with Crippen LogP contribution in [0.4, 0.5) is 0 Å². The summed E-state index contributed by atoms with van der Waals surface area (Å²) in [7, 11) is -1.07. The van der Waals surface area contributed by atoms with Crippen molar-refractivity contribution in [2.24, 2.45) is 0 Å². The quantitative estimate of drug-likeness (QED) is 0.890. The van der Waals surface area contributed by atoms with E-state index in [2.05, 4.69) is 0 Å². The molecule has 0 aromatic heterocycles. The number of nitriles is 1. The van der Waals surface area contributed by atoms with E-state index in [1.54, 1.807) is 12.1 Å². The maximum absolute atomic E-state index is 12.1. The molecule has 0 bridgehead atoms. The number of hydrogen-bond acceptors (Lipinski definition) is 5. The Labute approximate surface area is 139 Å². The maximum atomic E-state index is 12.1. The van der Waals surface area contributed by atoms with Gasteiger partial charge in [-0.1, -0.05) is 12.1 Å². The summed E-state index contributed by atoms with van der Waals surface area (Å²) < 4.78 is 30.7. The Hall–Kier alpha value is -2.89. The van der Waals surface area contributed by atoms with Gasteiger partial charge >= 0.3 is 5.97 Å². The molecule has 0 aliphatic carbocycles. The molecule has 2 rings (SSSR count). The minimum Gasteiger partial charge on any atom is -0.478 e. The fourth-order valence-electron chi connectivity index (χ4n) is 1.90. The van der Waals surface area contributed by atoms with Gasteiger partial charge in [0.25, 0.3) is 0 Å². The Morgan fingerprint density at radius 1 is 1.17 bits per heavy atom. The van der Waals surface area contributed by atoms with E-state index in [-0.39, 0.29) is 27.5 Å². The van der Waals surface area contributed by atoms with E-state index < -0.39 is 16.0 Å². The average molecular weight is 346 g/mol. The van der Waals surface area contributed by atoms with Gasteiger partial charge in [-0.25, -0.2) is 17.5 Å². The first kappa shape index (κ1) is 17.5. The number of ether oxygens (including phenoxy) is 1. The molecule has 1 N–H and O–H groups in total. The van der Waals surface area contributed by atoms with Gasteiger partial charge < -0.3 is 9.84 Å². The predicted molar refractivity (Wildman–Crippen MR) is 85.5 cm³/mol. The van der Waals surface area contributed by atoms with Crippen LogP contribution in [0.1, 0.15) is 15.9 Å². The average Bonchev–Trinajstić information content (AvgIpc) is 2.55. The Balaban J connectivity index is 2.53. The van der Waals surface area contributed by atoms with Crippen molar-refractivity contribution in [3.8, 4) is 17.6 Å². The van der Waals surface area contributed by atoms with Crippen molar-refractivity contribution in [2.45, 2.75) is 4.90 Å². The number of carbonyl (C=O) groups is 1. The molecule has 0 aliphatic rings. The molecule has 0 saturated heterocycles. The van der Waals surface area contributed by atoms with Gasteiger partial charge in [0, 0.05) is 14.1 Å². The third-order valence-corrected chi connectivity index (χ3v) is 5.00. The van der Waals surface area contributed by atoms with Gasteiger partial charge in [-0.3, -0.25) is 0 Å². The summed E-state index contributed by atoms with van der Waals surface area (Å²) in [4.78, 5) is 11.3. The van der Waals surface area contributed by atoms with Crippen molar-refractivity contribution >= 4 is 16.0 Å². The maximum Gasteiger partial charge on any atom is 0.339 e. The topological polar surface area (TPSA) is 108 Å². The van der Waals surface area contributed by atoms with Gasteiger partial charge in [0.05, 0.1) is 10.5 Å². The molecule has 0 spiro atoms. The number of carboxylic acid groups (broad SMARTS) is 1. The summed E-state index contributed by atoms with van der Waals surface area (Å²) in [6, 6.07) is 11.8. The van der Waals surface area contributed by atoms with Gasteiger partial charge in [0.2, 0.25) is 10.0 Å². The zero-order valence-electron chi connectivity index (χ0n) is 12.9. The zero-order chi connectivity index (χ0) is 17.9. The lowest BCUT2D eigenvalue weighted by molar-refractivity contribution is 0.0694. The first-order chi connectivity index (χ1) is 11.3. The van der Waals surface area contributed by atoms with Crippen LogP contribution in [0, 0.1) is 11.3 Å². The molecule has 0 amide bonds. The first-order valence-electron chi connectivity index (χ1n) is 6.74. The Morgan fingerprint density at radius 3 is 2.42 bits per heavy atom. The second-order valence-corrected chi connectivity index (χ2v) is 7.11. The molecular weight excluding hydrogens is 332 g/mol. The zero-order valence-corrected chi connectivity index (χ0v) is 13.7. The van der Waals surface area contributed by atoms with Crippen LogP contribution in [0.25, 0.3) is 0 Å². The highest BCUT2D eigenvalue weighted by atomic mass is 32.2. The molecule has 0 atom stereocenters. The summed E-state index contributed by atoms with van der Waals surface area (Å²) in [6.45, 7) is 0. The van der Waals surface area contributed by atoms with Crippen LogP contribution in [-0.4, -0.2) is 37.9 Å². The molecule has 8 heteroatoms. The third kappa shape index (κ3) is 3.37. The standard InChI is InChI=1S/C16H14N2O5S/c1-18(2)24(21,22)12-7-8-15(13(9-12)16(19)20)23-14-6-4-3-5-11(14)10-17/h3-9H,1-2H3,(H,19,20). The molecule has 2 aromatic carbocycles. The van der Waals surface area contributed by atoms with E-state index in [0.717, 1.165) is 10.4 Å². The summed E-state index contributed by atoms with van der Waals surface area (Å²) in [5, 5.41) is 18.4. The molecular formula is C16H14N2O5S. The molecule has 24 heavy (non-hydrogen) atoms. The minimum atomic E-state index is -3.77. The lowest BCUT2D eigenvalue weighted by Gasteiger charge is -2.14. The van der Waals surface area contributed by atoms with Crippen molar-refractivity contribution in [2.75, 3.05) is 14.1 Å². The van der Waals surface area contributed by atoms with Crippen LogP contribution in [0.15, 0.2) is 47.4 Å². The van der Waals surface area contributed by atoms with Crippen molar-refractivity contribution in [1.82, 2.24) is 4.31 Å². The number of rotatable bonds is 5. The van der Waals surface area contributed by atoms with E-state index in [0.29, 0.717) is 0 Å². The van der Waals surface area contributed by atoms with Crippen molar-refractivity contribution in [1.29, 1.82) is 5.26 Å². The number of sulfonamides is 1. The number of carboxylic acids is 1. The van der Waals surface area contributed by atoms with Gasteiger partial charge in [-0.2, -0.15) is 5.26 Å². The van der Waals surface area contributed by atoms with Gasteiger partial charge in [0.15, 0.2) is 0 Å². The minimum absolute atomic E-state index is 0.0529. The summed E-state index contributed by atoms with van der Waals surface area (Å²) in [5.74, 6) is -1.20. The molecule has 0 unspecified atom stereocenters. The van der Waals surface area contributed by atoms with E-state index in [1.165, 1.54) is 38.4 Å². The number of hydrogen-bond donors (Lipinski definition) is 1. The van der Waals surface area contributed by atoms with Crippen molar-refractivity contribution < 1.29 is 23.1 Å². The Kier molecular flexibility index (Phi) is 4.87. The van der Waals surface area contributed by atoms with Crippen LogP contribution in [0.5, 0.6) is 11.5 Å². The molecule has 124 valence electrons. The smallest absolute Gasteiger partial charge is 0.339 e. The normalized spacial score (nSPS) is 11.1. The van der Waals surface area contributed by atoms with Gasteiger partial charge in [-0.05, 0) is 30.3 Å². The van der Waals surface area contributed by atoms with Crippen LogP contribution < -0.4 is 4.74 Å². The number of nitrogens with zero attached hydrogens (tertiary/aromatic N) is 2. The third-order valence-electron chi connectivity index (χ3n) is 3.19. The van der Waals surface area contributed by atoms with Gasteiger partial charge in [-0.15, -0.1) is 0 Å². The van der Waals surface area contributed by atoms with Crippen LogP contribution in [-0.2, 0) is 10.0 Å². The number of aromatic carboxylic acids is 1. The van der Waals surface area contributed by atoms with Crippen LogP contribution >= 0.6 is 0 Å². The first-order valence-corrected chi connectivity index (χ1v) is 8.18. The SMILES string of the molecule is CN(C)S(=O)(=O)c1ccc(Oc2ccccc2C#N)c(C(=O)O)c1. The highest BCUT2D eigenvalue weighted by Crippen LogP contribution is 2.30. The fraction of sp³-hybridized carbons (Fsp3) is 0.125. The summed E-state index contributed by atoms with van der Waals surface area (Å²) >= 11 is 0. The molecule has 2 aromatic rings. The number of para-hydroxylation sites is 1. The van der Waals surface area contributed by atoms with Crippen LogP contribution in [0.2, 0.25) is 0 Å². The molecule has 0 aliphatic heterocycles. The Bertz CT molecular complexity index is 930. The highest BCUT2D eigenvalue weighted by Gasteiger charge is 2.22. The second-order valence-electron chi connectivity index (χ2n) is 4.96. The molecule has 0 heterocycles. The fourth-order valence-corrected chi connectivity index (χ4v) is 2.83. The van der Waals surface area contributed by atoms with Gasteiger partial charge in [0.1, 0.15) is 23.1 Å². The van der Waals surface area contributed by atoms with E-state index in [4.69, 9.17) is 10.00 Å². The lowest BCUT2D eigenvalue weighted by atomic mass is 10.2. The van der Waals surface area contributed by atoms with E-state index in [1.807, 2.05) is 6.07 Å². The van der Waals surface area contributed by atoms with Crippen molar-refractivity contribution in [3.05, 3.63) is 53.6 Å². The summed E-state index contributed by atoms with van der Waals surface area (Å²) in [5.41, 5.74) is -0.0792. The molecule has 0 radical (unpaired) electrons. The summed E-state index contributed by atoms with van der Waals surface area (Å²) in [6.07, 6.45) is 0. The predicted octanol–water partition coefficient (Wildman–Crippen LogP) is 2.30. The second kappa shape index (κ2) is 6.70. The van der Waals surface area contributed by atoms with Crippen LogP contribution in [0.3, 0.4) is 0 Å².